The summed E-state index contributed by atoms with van der Waals surface area (Å²) in [6.07, 6.45) is 3.87. The van der Waals surface area contributed by atoms with Crippen LogP contribution in [-0.2, 0) is 6.54 Å². The molecule has 2 nitrogen and oxygen atoms in total. The standard InChI is InChI=1S/C15H21Br2NO/c1-4-5-6-7-19-15-13(16)8-12(9-14(15)17)10-18-11(2)3/h4,8-9,11,18H,1,5-7,10H2,2-3H3. The van der Waals surface area contributed by atoms with Crippen LogP contribution in [0.5, 0.6) is 5.75 Å². The SMILES string of the molecule is C=CCCCOc1c(Br)cc(CNC(C)C)cc1Br. The third kappa shape index (κ3) is 6.11. The first-order valence-electron chi connectivity index (χ1n) is 6.49. The molecule has 0 heterocycles. The fourth-order valence-corrected chi connectivity index (χ4v) is 3.09. The van der Waals surface area contributed by atoms with Crippen LogP contribution in [0.25, 0.3) is 0 Å². The van der Waals surface area contributed by atoms with E-state index in [0.717, 1.165) is 34.1 Å². The molecule has 0 saturated heterocycles. The van der Waals surface area contributed by atoms with Gasteiger partial charge in [-0.3, -0.25) is 0 Å². The predicted octanol–water partition coefficient (Wildman–Crippen LogP) is 5.05. The second kappa shape index (κ2) is 8.77. The highest BCUT2D eigenvalue weighted by Gasteiger charge is 2.09. The lowest BCUT2D eigenvalue weighted by atomic mass is 10.2. The predicted molar refractivity (Wildman–Crippen MR) is 88.7 cm³/mol. The molecular weight excluding hydrogens is 370 g/mol. The van der Waals surface area contributed by atoms with Gasteiger partial charge in [0, 0.05) is 12.6 Å². The van der Waals surface area contributed by atoms with Gasteiger partial charge in [-0.05, 0) is 62.4 Å². The molecule has 0 atom stereocenters. The van der Waals surface area contributed by atoms with E-state index >= 15 is 0 Å². The maximum absolute atomic E-state index is 5.79. The number of allylic oxidation sites excluding steroid dienone is 1. The monoisotopic (exact) mass is 389 g/mol. The number of ether oxygens (including phenoxy) is 1. The summed E-state index contributed by atoms with van der Waals surface area (Å²) in [5.74, 6) is 0.873. The normalized spacial score (nSPS) is 10.8. The first kappa shape index (κ1) is 16.7. The van der Waals surface area contributed by atoms with Crippen LogP contribution >= 0.6 is 31.9 Å². The summed E-state index contributed by atoms with van der Waals surface area (Å²) in [7, 11) is 0. The summed E-state index contributed by atoms with van der Waals surface area (Å²) >= 11 is 7.14. The van der Waals surface area contributed by atoms with Gasteiger partial charge in [0.1, 0.15) is 5.75 Å². The highest BCUT2D eigenvalue weighted by Crippen LogP contribution is 2.35. The van der Waals surface area contributed by atoms with Crippen molar-refractivity contribution >= 4 is 31.9 Å². The van der Waals surface area contributed by atoms with Crippen molar-refractivity contribution < 1.29 is 4.74 Å². The molecule has 0 fully saturated rings. The van der Waals surface area contributed by atoms with Gasteiger partial charge in [0.05, 0.1) is 15.6 Å². The number of halogens is 2. The van der Waals surface area contributed by atoms with Crippen molar-refractivity contribution in [2.45, 2.75) is 39.3 Å². The van der Waals surface area contributed by atoms with Gasteiger partial charge < -0.3 is 10.1 Å². The Kier molecular flexibility index (Phi) is 7.73. The number of hydrogen-bond donors (Lipinski definition) is 1. The minimum absolute atomic E-state index is 0.479. The molecule has 1 N–H and O–H groups in total. The zero-order chi connectivity index (χ0) is 14.3. The van der Waals surface area contributed by atoms with Gasteiger partial charge >= 0.3 is 0 Å². The minimum atomic E-state index is 0.479. The second-order valence-electron chi connectivity index (χ2n) is 4.70. The van der Waals surface area contributed by atoms with Crippen molar-refractivity contribution in [3.05, 3.63) is 39.3 Å². The number of benzene rings is 1. The Hall–Kier alpha value is -0.320. The quantitative estimate of drug-likeness (QED) is 0.495. The molecule has 0 aliphatic rings. The molecular formula is C15H21Br2NO. The molecule has 0 aliphatic heterocycles. The molecule has 0 amide bonds. The fourth-order valence-electron chi connectivity index (χ4n) is 1.58. The van der Waals surface area contributed by atoms with E-state index in [0.29, 0.717) is 12.6 Å². The molecule has 0 aliphatic carbocycles. The highest BCUT2D eigenvalue weighted by molar-refractivity contribution is 9.11. The average molecular weight is 391 g/mol. The molecule has 0 spiro atoms. The van der Waals surface area contributed by atoms with E-state index in [9.17, 15) is 0 Å². The van der Waals surface area contributed by atoms with Crippen LogP contribution in [0.4, 0.5) is 0 Å². The molecule has 1 aromatic rings. The summed E-state index contributed by atoms with van der Waals surface area (Å²) in [4.78, 5) is 0. The zero-order valence-electron chi connectivity index (χ0n) is 11.5. The Balaban J connectivity index is 2.65. The molecule has 4 heteroatoms. The van der Waals surface area contributed by atoms with E-state index in [1.54, 1.807) is 0 Å². The van der Waals surface area contributed by atoms with E-state index in [4.69, 9.17) is 4.74 Å². The molecule has 19 heavy (non-hydrogen) atoms. The van der Waals surface area contributed by atoms with E-state index in [2.05, 4.69) is 69.7 Å². The maximum atomic E-state index is 5.79. The van der Waals surface area contributed by atoms with Crippen molar-refractivity contribution in [1.29, 1.82) is 0 Å². The van der Waals surface area contributed by atoms with Gasteiger partial charge in [-0.1, -0.05) is 19.9 Å². The second-order valence-corrected chi connectivity index (χ2v) is 6.41. The van der Waals surface area contributed by atoms with Crippen molar-refractivity contribution in [1.82, 2.24) is 5.32 Å². The van der Waals surface area contributed by atoms with Crippen molar-refractivity contribution in [2.24, 2.45) is 0 Å². The average Bonchev–Trinajstić information content (AvgIpc) is 2.34. The lowest BCUT2D eigenvalue weighted by Gasteiger charge is -2.13. The Bertz CT molecular complexity index is 396. The summed E-state index contributed by atoms with van der Waals surface area (Å²) in [5, 5.41) is 3.40. The van der Waals surface area contributed by atoms with Crippen LogP contribution in [0, 0.1) is 0 Å². The number of hydrogen-bond acceptors (Lipinski definition) is 2. The first-order chi connectivity index (χ1) is 9.04. The van der Waals surface area contributed by atoms with Crippen LogP contribution in [0.2, 0.25) is 0 Å². The lowest BCUT2D eigenvalue weighted by Crippen LogP contribution is -2.21. The van der Waals surface area contributed by atoms with Crippen LogP contribution in [0.15, 0.2) is 33.7 Å². The number of rotatable bonds is 8. The van der Waals surface area contributed by atoms with Gasteiger partial charge in [-0.25, -0.2) is 0 Å². The Labute approximate surface area is 132 Å². The summed E-state index contributed by atoms with van der Waals surface area (Å²) < 4.78 is 7.76. The van der Waals surface area contributed by atoms with Crippen LogP contribution in [0.1, 0.15) is 32.3 Å². The molecule has 1 aromatic carbocycles. The summed E-state index contributed by atoms with van der Waals surface area (Å²) in [6.45, 7) is 9.54. The fraction of sp³-hybridized carbons (Fsp3) is 0.467. The van der Waals surface area contributed by atoms with Gasteiger partial charge in [-0.15, -0.1) is 6.58 Å². The van der Waals surface area contributed by atoms with Crippen molar-refractivity contribution in [2.75, 3.05) is 6.61 Å². The van der Waals surface area contributed by atoms with Crippen LogP contribution in [0.3, 0.4) is 0 Å². The van der Waals surface area contributed by atoms with E-state index in [1.165, 1.54) is 5.56 Å². The molecule has 1 rings (SSSR count). The third-order valence-corrected chi connectivity index (χ3v) is 3.75. The van der Waals surface area contributed by atoms with Crippen LogP contribution in [-0.4, -0.2) is 12.6 Å². The van der Waals surface area contributed by atoms with Gasteiger partial charge in [0.15, 0.2) is 0 Å². The maximum Gasteiger partial charge on any atom is 0.147 e. The topological polar surface area (TPSA) is 21.3 Å². The molecule has 0 radical (unpaired) electrons. The Morgan fingerprint density at radius 1 is 1.32 bits per heavy atom. The van der Waals surface area contributed by atoms with Gasteiger partial charge in [-0.2, -0.15) is 0 Å². The Morgan fingerprint density at radius 2 is 1.95 bits per heavy atom. The molecule has 0 aromatic heterocycles. The smallest absolute Gasteiger partial charge is 0.147 e. The van der Waals surface area contributed by atoms with Crippen molar-refractivity contribution in [3.8, 4) is 5.75 Å². The van der Waals surface area contributed by atoms with E-state index in [-0.39, 0.29) is 0 Å². The Morgan fingerprint density at radius 3 is 2.47 bits per heavy atom. The zero-order valence-corrected chi connectivity index (χ0v) is 14.7. The minimum Gasteiger partial charge on any atom is -0.491 e. The molecule has 106 valence electrons. The lowest BCUT2D eigenvalue weighted by molar-refractivity contribution is 0.308. The van der Waals surface area contributed by atoms with E-state index in [1.807, 2.05) is 6.08 Å². The van der Waals surface area contributed by atoms with Crippen molar-refractivity contribution in [3.63, 3.8) is 0 Å². The van der Waals surface area contributed by atoms with Gasteiger partial charge in [0.2, 0.25) is 0 Å². The summed E-state index contributed by atoms with van der Waals surface area (Å²) in [5.41, 5.74) is 1.23. The molecule has 0 saturated carbocycles. The molecule has 0 unspecified atom stereocenters. The highest BCUT2D eigenvalue weighted by atomic mass is 79.9. The number of nitrogens with one attached hydrogen (secondary N) is 1. The van der Waals surface area contributed by atoms with E-state index < -0.39 is 0 Å². The van der Waals surface area contributed by atoms with Gasteiger partial charge in [0.25, 0.3) is 0 Å². The largest absolute Gasteiger partial charge is 0.491 e. The number of unbranched alkanes of at least 4 members (excludes halogenated alkanes) is 1. The first-order valence-corrected chi connectivity index (χ1v) is 8.08. The molecule has 0 bridgehead atoms. The third-order valence-electron chi connectivity index (χ3n) is 2.57. The summed E-state index contributed by atoms with van der Waals surface area (Å²) in [6, 6.07) is 4.68. The van der Waals surface area contributed by atoms with Crippen LogP contribution < -0.4 is 10.1 Å².